The molecule has 0 saturated heterocycles. The number of hydrogen-bond acceptors (Lipinski definition) is 3. The van der Waals surface area contributed by atoms with Gasteiger partial charge in [-0.3, -0.25) is 9.36 Å². The van der Waals surface area contributed by atoms with Crippen molar-refractivity contribution in [3.05, 3.63) is 70.9 Å². The van der Waals surface area contributed by atoms with E-state index in [1.165, 1.54) is 10.8 Å². The fourth-order valence-corrected chi connectivity index (χ4v) is 2.92. The van der Waals surface area contributed by atoms with Crippen molar-refractivity contribution in [1.29, 1.82) is 0 Å². The molecule has 1 amide bonds. The molecule has 0 saturated carbocycles. The van der Waals surface area contributed by atoms with Gasteiger partial charge in [-0.1, -0.05) is 43.6 Å². The molecule has 3 aromatic rings. The van der Waals surface area contributed by atoms with Crippen molar-refractivity contribution in [2.24, 2.45) is 0 Å². The van der Waals surface area contributed by atoms with Crippen LogP contribution in [0.15, 0.2) is 54.7 Å². The van der Waals surface area contributed by atoms with E-state index in [2.05, 4.69) is 5.32 Å². The lowest BCUT2D eigenvalue weighted by Crippen LogP contribution is -2.13. The second-order valence-corrected chi connectivity index (χ2v) is 6.69. The van der Waals surface area contributed by atoms with E-state index in [-0.39, 0.29) is 23.1 Å². The highest BCUT2D eigenvalue weighted by Gasteiger charge is 2.23. The number of hydrogen-bond donors (Lipinski definition) is 3. The minimum atomic E-state index is -0.583. The number of carbonyl (C=O) groups excluding carboxylic acids is 1. The van der Waals surface area contributed by atoms with E-state index >= 15 is 0 Å². The second kappa shape index (κ2) is 7.14. The summed E-state index contributed by atoms with van der Waals surface area (Å²) in [5, 5.41) is 24.0. The van der Waals surface area contributed by atoms with Crippen LogP contribution in [0.3, 0.4) is 0 Å². The summed E-state index contributed by atoms with van der Waals surface area (Å²) in [6.45, 7) is 4.05. The van der Waals surface area contributed by atoms with Crippen LogP contribution in [0.1, 0.15) is 35.7 Å². The predicted octanol–water partition coefficient (Wildman–Crippen LogP) is 4.92. The molecule has 0 fully saturated rings. The number of anilines is 1. The Balaban J connectivity index is 1.95. The first kappa shape index (κ1) is 17.9. The van der Waals surface area contributed by atoms with E-state index in [1.54, 1.807) is 30.3 Å². The molecular weight excluding hydrogens is 352 g/mol. The molecule has 3 rings (SSSR count). The average molecular weight is 371 g/mol. The lowest BCUT2D eigenvalue weighted by Gasteiger charge is -2.13. The van der Waals surface area contributed by atoms with E-state index in [4.69, 9.17) is 11.6 Å². The number of halogens is 1. The predicted molar refractivity (Wildman–Crippen MR) is 103 cm³/mol. The Labute approximate surface area is 156 Å². The summed E-state index contributed by atoms with van der Waals surface area (Å²) < 4.78 is 1.33. The molecule has 0 spiro atoms. The van der Waals surface area contributed by atoms with E-state index < -0.39 is 5.91 Å². The molecular formula is C20H19ClN2O3. The van der Waals surface area contributed by atoms with Gasteiger partial charge in [-0.25, -0.2) is 0 Å². The van der Waals surface area contributed by atoms with Crippen LogP contribution in [-0.2, 0) is 0 Å². The number of amides is 1. The lowest BCUT2D eigenvalue weighted by atomic mass is 10.0. The van der Waals surface area contributed by atoms with Gasteiger partial charge in [-0.2, -0.15) is 0 Å². The van der Waals surface area contributed by atoms with Gasteiger partial charge in [0.25, 0.3) is 5.91 Å². The van der Waals surface area contributed by atoms with Crippen LogP contribution >= 0.6 is 11.6 Å². The zero-order chi connectivity index (χ0) is 18.8. The third kappa shape index (κ3) is 3.39. The largest absolute Gasteiger partial charge is 0.505 e. The molecule has 0 aliphatic heterocycles. The fourth-order valence-electron chi connectivity index (χ4n) is 2.80. The zero-order valence-corrected chi connectivity index (χ0v) is 15.2. The first-order chi connectivity index (χ1) is 12.4. The second-order valence-electron chi connectivity index (χ2n) is 6.26. The van der Waals surface area contributed by atoms with Gasteiger partial charge in [0.2, 0.25) is 5.88 Å². The number of aromatic nitrogens is 1. The maximum absolute atomic E-state index is 12.7. The van der Waals surface area contributed by atoms with Crippen LogP contribution in [0.5, 0.6) is 11.6 Å². The maximum atomic E-state index is 12.7. The molecule has 2 aromatic carbocycles. The Morgan fingerprint density at radius 2 is 1.73 bits per heavy atom. The maximum Gasteiger partial charge on any atom is 0.264 e. The van der Waals surface area contributed by atoms with Gasteiger partial charge in [-0.15, -0.1) is 0 Å². The number of benzene rings is 2. The summed E-state index contributed by atoms with van der Waals surface area (Å²) >= 11 is 5.87. The number of nitrogens with one attached hydrogen (secondary N) is 1. The fraction of sp³-hybridized carbons (Fsp3) is 0.150. The standard InChI is InChI=1S/C20H19ClN2O3/c1-12(2)15-5-3-4-6-16(15)22-19(25)18-17(24)11-23(20(18)26)14-9-7-13(21)8-10-14/h3-12,24,26H,1-2H3,(H,22,25). The topological polar surface area (TPSA) is 74.5 Å². The van der Waals surface area contributed by atoms with E-state index in [1.807, 2.05) is 32.0 Å². The number of rotatable bonds is 4. The molecule has 0 bridgehead atoms. The minimum Gasteiger partial charge on any atom is -0.505 e. The highest BCUT2D eigenvalue weighted by Crippen LogP contribution is 2.34. The first-order valence-corrected chi connectivity index (χ1v) is 8.55. The summed E-state index contributed by atoms with van der Waals surface area (Å²) in [7, 11) is 0. The molecule has 3 N–H and O–H groups in total. The molecule has 0 radical (unpaired) electrons. The van der Waals surface area contributed by atoms with Gasteiger partial charge >= 0.3 is 0 Å². The smallest absolute Gasteiger partial charge is 0.264 e. The van der Waals surface area contributed by atoms with Crippen molar-refractivity contribution in [2.75, 3.05) is 5.32 Å². The molecule has 6 heteroatoms. The Morgan fingerprint density at radius 3 is 2.38 bits per heavy atom. The van der Waals surface area contributed by atoms with Gasteiger partial charge in [0.1, 0.15) is 11.3 Å². The Kier molecular flexibility index (Phi) is 4.91. The van der Waals surface area contributed by atoms with Gasteiger partial charge in [-0.05, 0) is 41.8 Å². The molecule has 1 aromatic heterocycles. The summed E-state index contributed by atoms with van der Waals surface area (Å²) in [6.07, 6.45) is 1.29. The van der Waals surface area contributed by atoms with Crippen molar-refractivity contribution in [1.82, 2.24) is 4.57 Å². The van der Waals surface area contributed by atoms with Crippen LogP contribution in [-0.4, -0.2) is 20.7 Å². The zero-order valence-electron chi connectivity index (χ0n) is 14.4. The van der Waals surface area contributed by atoms with Gasteiger partial charge in [0.05, 0.1) is 6.20 Å². The van der Waals surface area contributed by atoms with Crippen molar-refractivity contribution < 1.29 is 15.0 Å². The molecule has 0 aliphatic carbocycles. The number of carbonyl (C=O) groups is 1. The Bertz CT molecular complexity index is 946. The van der Waals surface area contributed by atoms with Crippen LogP contribution in [0.4, 0.5) is 5.69 Å². The monoisotopic (exact) mass is 370 g/mol. The molecule has 0 unspecified atom stereocenters. The van der Waals surface area contributed by atoms with Crippen molar-refractivity contribution in [2.45, 2.75) is 19.8 Å². The Hall–Kier alpha value is -2.92. The first-order valence-electron chi connectivity index (χ1n) is 8.18. The summed E-state index contributed by atoms with van der Waals surface area (Å²) in [5.41, 5.74) is 2.00. The molecule has 26 heavy (non-hydrogen) atoms. The molecule has 5 nitrogen and oxygen atoms in total. The highest BCUT2D eigenvalue weighted by molar-refractivity contribution is 6.30. The van der Waals surface area contributed by atoms with Gasteiger partial charge in [0.15, 0.2) is 0 Å². The molecule has 0 atom stereocenters. The molecule has 0 aliphatic rings. The quantitative estimate of drug-likeness (QED) is 0.610. The number of nitrogens with zero attached hydrogens (tertiary/aromatic N) is 1. The number of aromatic hydroxyl groups is 2. The van der Waals surface area contributed by atoms with Crippen molar-refractivity contribution in [3.63, 3.8) is 0 Å². The number of para-hydroxylation sites is 1. The minimum absolute atomic E-state index is 0.182. The summed E-state index contributed by atoms with van der Waals surface area (Å²) in [4.78, 5) is 12.7. The average Bonchev–Trinajstić information content (AvgIpc) is 2.90. The van der Waals surface area contributed by atoms with Gasteiger partial charge < -0.3 is 15.5 Å². The van der Waals surface area contributed by atoms with E-state index in [9.17, 15) is 15.0 Å². The normalized spacial score (nSPS) is 10.9. The Morgan fingerprint density at radius 1 is 1.08 bits per heavy atom. The van der Waals surface area contributed by atoms with Crippen molar-refractivity contribution in [3.8, 4) is 17.3 Å². The van der Waals surface area contributed by atoms with Crippen LogP contribution < -0.4 is 5.32 Å². The van der Waals surface area contributed by atoms with Crippen LogP contribution in [0.2, 0.25) is 5.02 Å². The van der Waals surface area contributed by atoms with Crippen LogP contribution in [0, 0.1) is 0 Å². The third-order valence-electron chi connectivity index (χ3n) is 4.12. The van der Waals surface area contributed by atoms with Crippen LogP contribution in [0.25, 0.3) is 5.69 Å². The third-order valence-corrected chi connectivity index (χ3v) is 4.37. The lowest BCUT2D eigenvalue weighted by molar-refractivity contribution is 0.102. The van der Waals surface area contributed by atoms with E-state index in [0.717, 1.165) is 5.56 Å². The molecule has 1 heterocycles. The summed E-state index contributed by atoms with van der Waals surface area (Å²) in [6, 6.07) is 14.1. The SMILES string of the molecule is CC(C)c1ccccc1NC(=O)c1c(O)cn(-c2ccc(Cl)cc2)c1O. The summed E-state index contributed by atoms with van der Waals surface area (Å²) in [5.74, 6) is -1.02. The van der Waals surface area contributed by atoms with Crippen molar-refractivity contribution >= 4 is 23.2 Å². The molecule has 134 valence electrons. The van der Waals surface area contributed by atoms with E-state index in [0.29, 0.717) is 16.4 Å². The van der Waals surface area contributed by atoms with Gasteiger partial charge in [0, 0.05) is 16.4 Å². The highest BCUT2D eigenvalue weighted by atomic mass is 35.5.